The third kappa shape index (κ3) is 4.97. The van der Waals surface area contributed by atoms with Crippen LogP contribution in [0.1, 0.15) is 43.7 Å². The maximum atomic E-state index is 6.94. The highest BCUT2D eigenvalue weighted by Crippen LogP contribution is 2.43. The molecule has 1 aromatic carbocycles. The van der Waals surface area contributed by atoms with Crippen LogP contribution in [0.3, 0.4) is 0 Å². The summed E-state index contributed by atoms with van der Waals surface area (Å²) in [5.41, 5.74) is 4.17. The Bertz CT molecular complexity index is 1190. The molecule has 0 aliphatic carbocycles. The van der Waals surface area contributed by atoms with Gasteiger partial charge in [-0.1, -0.05) is 31.5 Å². The molecule has 2 aromatic heterocycles. The number of methoxy groups -OCH3 is 1. The second-order valence-electron chi connectivity index (χ2n) is 10.1. The Balaban J connectivity index is 1.53. The molecule has 36 heavy (non-hydrogen) atoms. The topological polar surface area (TPSA) is 45.6 Å². The van der Waals surface area contributed by atoms with Gasteiger partial charge in [0.2, 0.25) is 0 Å². The number of thiocarbonyl (C=S) groups is 1. The monoisotopic (exact) mass is 523 g/mol. The van der Waals surface area contributed by atoms with Gasteiger partial charge in [-0.3, -0.25) is 4.98 Å². The summed E-state index contributed by atoms with van der Waals surface area (Å²) < 4.78 is 7.60. The number of hydrogen-bond acceptors (Lipinski definition) is 4. The van der Waals surface area contributed by atoms with E-state index >= 15 is 0 Å². The van der Waals surface area contributed by atoms with E-state index in [1.807, 2.05) is 24.4 Å². The molecule has 4 unspecified atom stereocenters. The molecular formula is C28H34ClN5OS. The van der Waals surface area contributed by atoms with Gasteiger partial charge in [0.15, 0.2) is 5.11 Å². The Morgan fingerprint density at radius 3 is 2.61 bits per heavy atom. The summed E-state index contributed by atoms with van der Waals surface area (Å²) in [5.74, 6) is 1.31. The van der Waals surface area contributed by atoms with Crippen LogP contribution in [0.4, 0.5) is 11.4 Å². The van der Waals surface area contributed by atoms with Gasteiger partial charge in [0.25, 0.3) is 0 Å². The fourth-order valence-corrected chi connectivity index (χ4v) is 6.42. The highest BCUT2D eigenvalue weighted by atomic mass is 35.5. The van der Waals surface area contributed by atoms with Gasteiger partial charge in [-0.25, -0.2) is 0 Å². The number of piperidine rings is 1. The lowest BCUT2D eigenvalue weighted by Gasteiger charge is -2.37. The molecule has 0 spiro atoms. The number of hydrogen-bond donors (Lipinski definition) is 1. The van der Waals surface area contributed by atoms with E-state index in [9.17, 15) is 0 Å². The van der Waals surface area contributed by atoms with Gasteiger partial charge in [-0.2, -0.15) is 0 Å². The molecule has 2 saturated heterocycles. The van der Waals surface area contributed by atoms with Crippen molar-refractivity contribution in [2.45, 2.75) is 38.9 Å². The Labute approximate surface area is 224 Å². The smallest absolute Gasteiger partial charge is 0.174 e. The number of anilines is 2. The van der Waals surface area contributed by atoms with Crippen LogP contribution in [0, 0.1) is 11.8 Å². The van der Waals surface area contributed by atoms with Crippen LogP contribution in [0.5, 0.6) is 0 Å². The first-order chi connectivity index (χ1) is 17.5. The summed E-state index contributed by atoms with van der Waals surface area (Å²) in [6.45, 7) is 8.10. The minimum Gasteiger partial charge on any atom is -0.383 e. The summed E-state index contributed by atoms with van der Waals surface area (Å²) in [6.07, 6.45) is 5.19. The van der Waals surface area contributed by atoms with Crippen molar-refractivity contribution in [3.05, 3.63) is 77.3 Å². The average Bonchev–Trinajstić information content (AvgIpc) is 3.46. The number of pyridine rings is 1. The number of aromatic nitrogens is 2. The standard InChI is InChI=1S/C28H34ClN5OS/c1-19-15-20(2)18-33(17-19)24-10-9-21(16-22(24)29)34-27(25-8-6-12-32(25)13-14-35-3)26(31-28(34)36)23-7-4-5-11-30-23/h4-12,16,19-20,26-27H,13-15,17-18H2,1-3H3,(H,31,36). The van der Waals surface area contributed by atoms with Gasteiger partial charge >= 0.3 is 0 Å². The predicted octanol–water partition coefficient (Wildman–Crippen LogP) is 5.84. The first-order valence-electron chi connectivity index (χ1n) is 12.7. The third-order valence-corrected chi connectivity index (χ3v) is 7.84. The number of nitrogens with zero attached hydrogens (tertiary/aromatic N) is 4. The van der Waals surface area contributed by atoms with Gasteiger partial charge in [-0.15, -0.1) is 0 Å². The van der Waals surface area contributed by atoms with Crippen molar-refractivity contribution in [3.63, 3.8) is 0 Å². The second-order valence-corrected chi connectivity index (χ2v) is 10.9. The Morgan fingerprint density at radius 2 is 1.92 bits per heavy atom. The fourth-order valence-electron chi connectivity index (χ4n) is 5.78. The zero-order valence-electron chi connectivity index (χ0n) is 21.1. The number of rotatable bonds is 7. The third-order valence-electron chi connectivity index (χ3n) is 7.22. The maximum absolute atomic E-state index is 6.94. The predicted molar refractivity (Wildman–Crippen MR) is 151 cm³/mol. The highest BCUT2D eigenvalue weighted by Gasteiger charge is 2.42. The van der Waals surface area contributed by atoms with Gasteiger partial charge in [0.1, 0.15) is 6.04 Å². The lowest BCUT2D eigenvalue weighted by atomic mass is 9.91. The number of benzene rings is 1. The Morgan fingerprint density at radius 1 is 1.11 bits per heavy atom. The summed E-state index contributed by atoms with van der Waals surface area (Å²) in [4.78, 5) is 9.28. The van der Waals surface area contributed by atoms with Crippen molar-refractivity contribution in [2.75, 3.05) is 36.6 Å². The van der Waals surface area contributed by atoms with Crippen molar-refractivity contribution < 1.29 is 4.74 Å². The van der Waals surface area contributed by atoms with Gasteiger partial charge in [-0.05, 0) is 72.9 Å². The molecule has 190 valence electrons. The van der Waals surface area contributed by atoms with Gasteiger partial charge in [0, 0.05) is 50.5 Å². The Hall–Kier alpha value is -2.61. The van der Waals surface area contributed by atoms with Crippen LogP contribution < -0.4 is 15.1 Å². The van der Waals surface area contributed by atoms with E-state index < -0.39 is 0 Å². The summed E-state index contributed by atoms with van der Waals surface area (Å²) >= 11 is 12.9. The van der Waals surface area contributed by atoms with Crippen molar-refractivity contribution in [2.24, 2.45) is 11.8 Å². The van der Waals surface area contributed by atoms with Crippen LogP contribution in [-0.4, -0.2) is 41.5 Å². The molecule has 2 aliphatic rings. The second kappa shape index (κ2) is 10.8. The maximum Gasteiger partial charge on any atom is 0.174 e. The van der Waals surface area contributed by atoms with Crippen molar-refractivity contribution in [3.8, 4) is 0 Å². The van der Waals surface area contributed by atoms with Crippen LogP contribution in [0.25, 0.3) is 0 Å². The molecule has 0 bridgehead atoms. The van der Waals surface area contributed by atoms with Gasteiger partial charge in [0.05, 0.1) is 29.1 Å². The van der Waals surface area contributed by atoms with Crippen molar-refractivity contribution in [1.82, 2.24) is 14.9 Å². The lowest BCUT2D eigenvalue weighted by molar-refractivity contribution is 0.186. The SMILES string of the molecule is COCCn1cccc1C1C(c2ccccn2)NC(=S)N1c1ccc(N2CC(C)CC(C)C2)c(Cl)c1. The molecule has 0 radical (unpaired) electrons. The molecule has 2 aliphatic heterocycles. The van der Waals surface area contributed by atoms with Crippen LogP contribution in [0.2, 0.25) is 5.02 Å². The first kappa shape index (κ1) is 25.1. The largest absolute Gasteiger partial charge is 0.383 e. The van der Waals surface area contributed by atoms with E-state index in [1.165, 1.54) is 6.42 Å². The van der Waals surface area contributed by atoms with Crippen LogP contribution >= 0.6 is 23.8 Å². The molecule has 8 heteroatoms. The zero-order valence-corrected chi connectivity index (χ0v) is 22.7. The summed E-state index contributed by atoms with van der Waals surface area (Å²) in [5, 5.41) is 4.97. The fraction of sp³-hybridized carbons (Fsp3) is 0.429. The molecule has 5 rings (SSSR count). The minimum atomic E-state index is -0.0999. The van der Waals surface area contributed by atoms with E-state index in [1.54, 1.807) is 7.11 Å². The molecule has 4 heterocycles. The highest BCUT2D eigenvalue weighted by molar-refractivity contribution is 7.80. The molecule has 0 amide bonds. The average molecular weight is 524 g/mol. The first-order valence-corrected chi connectivity index (χ1v) is 13.4. The van der Waals surface area contributed by atoms with E-state index in [2.05, 4.69) is 75.0 Å². The normalized spacial score (nSPS) is 24.3. The van der Waals surface area contributed by atoms with E-state index in [0.717, 1.165) is 47.4 Å². The summed E-state index contributed by atoms with van der Waals surface area (Å²) in [7, 11) is 1.73. The quantitative estimate of drug-likeness (QED) is 0.392. The molecule has 4 atom stereocenters. The van der Waals surface area contributed by atoms with Gasteiger partial charge < -0.3 is 24.4 Å². The molecular weight excluding hydrogens is 490 g/mol. The Kier molecular flexibility index (Phi) is 7.51. The lowest BCUT2D eigenvalue weighted by Crippen LogP contribution is -2.38. The molecule has 1 N–H and O–H groups in total. The number of ether oxygens (including phenoxy) is 1. The molecule has 6 nitrogen and oxygen atoms in total. The minimum absolute atomic E-state index is 0.0868. The van der Waals surface area contributed by atoms with E-state index in [0.29, 0.717) is 23.6 Å². The zero-order chi connectivity index (χ0) is 25.2. The van der Waals surface area contributed by atoms with E-state index in [4.69, 9.17) is 28.6 Å². The number of halogens is 1. The van der Waals surface area contributed by atoms with E-state index in [-0.39, 0.29) is 12.1 Å². The molecule has 0 saturated carbocycles. The summed E-state index contributed by atoms with van der Waals surface area (Å²) in [6, 6.07) is 16.4. The van der Waals surface area contributed by atoms with Crippen molar-refractivity contribution in [1.29, 1.82) is 0 Å². The van der Waals surface area contributed by atoms with Crippen molar-refractivity contribution >= 4 is 40.3 Å². The molecule has 2 fully saturated rings. The van der Waals surface area contributed by atoms with Crippen LogP contribution in [-0.2, 0) is 11.3 Å². The van der Waals surface area contributed by atoms with Crippen LogP contribution in [0.15, 0.2) is 60.9 Å². The molecule has 3 aromatic rings. The number of nitrogens with one attached hydrogen (secondary N) is 1.